The van der Waals surface area contributed by atoms with Crippen LogP contribution in [0.15, 0.2) is 92.4 Å². The number of benzene rings is 2. The number of pyridine rings is 1. The van der Waals surface area contributed by atoms with Crippen LogP contribution in [-0.4, -0.2) is 21.0 Å². The van der Waals surface area contributed by atoms with E-state index in [1.807, 2.05) is 24.3 Å². The van der Waals surface area contributed by atoms with Gasteiger partial charge in [-0.1, -0.05) is 11.6 Å². The van der Waals surface area contributed by atoms with Gasteiger partial charge in [-0.15, -0.1) is 0 Å². The first kappa shape index (κ1) is 23.9. The van der Waals surface area contributed by atoms with Gasteiger partial charge in [-0.25, -0.2) is 4.98 Å². The molecule has 5 aromatic rings. The zero-order valence-corrected chi connectivity index (χ0v) is 21.5. The molecule has 0 aliphatic carbocycles. The van der Waals surface area contributed by atoms with Crippen molar-refractivity contribution in [3.05, 3.63) is 94.4 Å². The SMILES string of the molecule is O=C(C=Cc1ccc(-c2ccc(Cl)cc2)o1)NC(=S)Nc1ccc2oc(-c3cncc(Br)c3)nc2c1. The van der Waals surface area contributed by atoms with Crippen molar-refractivity contribution in [1.82, 2.24) is 15.3 Å². The predicted molar refractivity (Wildman–Crippen MR) is 147 cm³/mol. The van der Waals surface area contributed by atoms with Crippen molar-refractivity contribution in [2.45, 2.75) is 0 Å². The number of aromatic nitrogens is 2. The Balaban J connectivity index is 1.20. The molecule has 0 spiro atoms. The number of rotatable bonds is 5. The summed E-state index contributed by atoms with van der Waals surface area (Å²) in [5.41, 5.74) is 3.55. The number of nitrogens with one attached hydrogen (secondary N) is 2. The molecule has 3 heterocycles. The number of hydrogen-bond donors (Lipinski definition) is 2. The van der Waals surface area contributed by atoms with E-state index in [1.165, 1.54) is 6.08 Å². The Morgan fingerprint density at radius 1 is 1.00 bits per heavy atom. The van der Waals surface area contributed by atoms with Gasteiger partial charge in [-0.05, 0) is 94.9 Å². The summed E-state index contributed by atoms with van der Waals surface area (Å²) in [6.07, 6.45) is 6.27. The number of hydrogen-bond acceptors (Lipinski definition) is 6. The Kier molecular flexibility index (Phi) is 6.95. The number of carbonyl (C=O) groups is 1. The number of anilines is 1. The molecule has 7 nitrogen and oxygen atoms in total. The van der Waals surface area contributed by atoms with Crippen molar-refractivity contribution in [2.75, 3.05) is 5.32 Å². The van der Waals surface area contributed by atoms with Crippen LogP contribution in [0.25, 0.3) is 40.0 Å². The van der Waals surface area contributed by atoms with Crippen molar-refractivity contribution in [1.29, 1.82) is 0 Å². The maximum atomic E-state index is 12.3. The smallest absolute Gasteiger partial charge is 0.250 e. The molecular formula is C26H16BrClN4O3S. The van der Waals surface area contributed by atoms with Crippen LogP contribution in [0.5, 0.6) is 0 Å². The van der Waals surface area contributed by atoms with Crippen LogP contribution in [0.3, 0.4) is 0 Å². The highest BCUT2D eigenvalue weighted by atomic mass is 79.9. The number of furan rings is 1. The highest BCUT2D eigenvalue weighted by Gasteiger charge is 2.11. The molecule has 0 saturated carbocycles. The summed E-state index contributed by atoms with van der Waals surface area (Å²) in [5, 5.41) is 6.38. The first-order valence-corrected chi connectivity index (χ1v) is 12.2. The zero-order valence-electron chi connectivity index (χ0n) is 18.4. The fraction of sp³-hybridized carbons (Fsp3) is 0. The van der Waals surface area contributed by atoms with E-state index in [2.05, 4.69) is 36.5 Å². The van der Waals surface area contributed by atoms with E-state index < -0.39 is 5.91 Å². The summed E-state index contributed by atoms with van der Waals surface area (Å²) in [6, 6.07) is 18.1. The van der Waals surface area contributed by atoms with Gasteiger partial charge in [0, 0.05) is 39.2 Å². The van der Waals surface area contributed by atoms with E-state index in [4.69, 9.17) is 32.7 Å². The van der Waals surface area contributed by atoms with Crippen molar-refractivity contribution < 1.29 is 13.6 Å². The maximum absolute atomic E-state index is 12.3. The lowest BCUT2D eigenvalue weighted by Crippen LogP contribution is -2.32. The van der Waals surface area contributed by atoms with Crippen LogP contribution in [0, 0.1) is 0 Å². The maximum Gasteiger partial charge on any atom is 0.250 e. The highest BCUT2D eigenvalue weighted by molar-refractivity contribution is 9.10. The summed E-state index contributed by atoms with van der Waals surface area (Å²) in [4.78, 5) is 21.0. The molecule has 36 heavy (non-hydrogen) atoms. The Morgan fingerprint density at radius 3 is 2.64 bits per heavy atom. The summed E-state index contributed by atoms with van der Waals surface area (Å²) in [7, 11) is 0. The second-order valence-corrected chi connectivity index (χ2v) is 9.34. The van der Waals surface area contributed by atoms with Crippen LogP contribution in [0.2, 0.25) is 5.02 Å². The van der Waals surface area contributed by atoms with Crippen molar-refractivity contribution in [3.8, 4) is 22.8 Å². The third-order valence-corrected chi connectivity index (χ3v) is 5.88. The summed E-state index contributed by atoms with van der Waals surface area (Å²) in [5.74, 6) is 1.26. The molecule has 2 aromatic carbocycles. The van der Waals surface area contributed by atoms with Gasteiger partial charge in [0.2, 0.25) is 11.8 Å². The van der Waals surface area contributed by atoms with E-state index in [1.54, 1.807) is 54.9 Å². The van der Waals surface area contributed by atoms with Crippen LogP contribution in [-0.2, 0) is 4.79 Å². The second kappa shape index (κ2) is 10.4. The number of thiocarbonyl (C=S) groups is 1. The van der Waals surface area contributed by atoms with E-state index in [-0.39, 0.29) is 5.11 Å². The Bertz CT molecular complexity index is 1610. The number of oxazole rings is 1. The highest BCUT2D eigenvalue weighted by Crippen LogP contribution is 2.27. The molecule has 0 saturated heterocycles. The van der Waals surface area contributed by atoms with E-state index in [0.717, 1.165) is 15.6 Å². The first-order valence-electron chi connectivity index (χ1n) is 10.6. The Morgan fingerprint density at radius 2 is 1.83 bits per heavy atom. The number of halogens is 2. The molecule has 5 rings (SSSR count). The quantitative estimate of drug-likeness (QED) is 0.170. The fourth-order valence-corrected chi connectivity index (χ4v) is 4.05. The molecule has 1 amide bonds. The lowest BCUT2D eigenvalue weighted by atomic mass is 10.2. The molecule has 2 N–H and O–H groups in total. The molecule has 0 radical (unpaired) electrons. The number of nitrogens with zero attached hydrogens (tertiary/aromatic N) is 2. The average molecular weight is 580 g/mol. The van der Waals surface area contributed by atoms with Crippen molar-refractivity contribution in [2.24, 2.45) is 0 Å². The molecule has 0 fully saturated rings. The molecule has 0 unspecified atom stereocenters. The molecule has 3 aromatic heterocycles. The summed E-state index contributed by atoms with van der Waals surface area (Å²) < 4.78 is 12.4. The van der Waals surface area contributed by atoms with Crippen LogP contribution in [0.1, 0.15) is 5.76 Å². The minimum atomic E-state index is -0.399. The summed E-state index contributed by atoms with van der Waals surface area (Å²) >= 11 is 14.6. The molecular weight excluding hydrogens is 564 g/mol. The van der Waals surface area contributed by atoms with E-state index in [0.29, 0.717) is 39.2 Å². The number of carbonyl (C=O) groups excluding carboxylic acids is 1. The standard InChI is InChI=1S/C26H16BrClN4O3S/c27-17-11-16(13-29-14-17)25-31-21-12-19(5-8-23(21)35-25)30-26(36)32-24(33)10-7-20-6-9-22(34-20)15-1-3-18(28)4-2-15/h1-14H,(H2,30,32,33,36). The molecule has 0 aliphatic rings. The first-order chi connectivity index (χ1) is 17.4. The minimum absolute atomic E-state index is 0.144. The molecule has 178 valence electrons. The normalized spacial score (nSPS) is 11.2. The lowest BCUT2D eigenvalue weighted by Gasteiger charge is -2.07. The summed E-state index contributed by atoms with van der Waals surface area (Å²) in [6.45, 7) is 0. The third kappa shape index (κ3) is 5.71. The average Bonchev–Trinajstić information content (AvgIpc) is 3.50. The number of fused-ring (bicyclic) bond motifs is 1. The van der Waals surface area contributed by atoms with E-state index >= 15 is 0 Å². The Hall–Kier alpha value is -3.79. The van der Waals surface area contributed by atoms with Gasteiger partial charge < -0.3 is 14.2 Å². The van der Waals surface area contributed by atoms with Gasteiger partial charge in [0.1, 0.15) is 17.0 Å². The molecule has 0 bridgehead atoms. The molecule has 0 atom stereocenters. The third-order valence-electron chi connectivity index (χ3n) is 4.99. The largest absolute Gasteiger partial charge is 0.457 e. The van der Waals surface area contributed by atoms with Gasteiger partial charge in [0.15, 0.2) is 10.7 Å². The van der Waals surface area contributed by atoms with Crippen LogP contribution >= 0.6 is 39.7 Å². The predicted octanol–water partition coefficient (Wildman–Crippen LogP) is 7.09. The second-order valence-electron chi connectivity index (χ2n) is 7.58. The van der Waals surface area contributed by atoms with Gasteiger partial charge in [0.05, 0.1) is 5.56 Å². The fourth-order valence-electron chi connectivity index (χ4n) is 3.34. The van der Waals surface area contributed by atoms with Crippen LogP contribution in [0.4, 0.5) is 5.69 Å². The Labute approximate surface area is 224 Å². The molecule has 10 heteroatoms. The topological polar surface area (TPSA) is 93.2 Å². The minimum Gasteiger partial charge on any atom is -0.457 e. The van der Waals surface area contributed by atoms with Gasteiger partial charge in [0.25, 0.3) is 0 Å². The van der Waals surface area contributed by atoms with Crippen LogP contribution < -0.4 is 10.6 Å². The van der Waals surface area contributed by atoms with Crippen molar-refractivity contribution in [3.63, 3.8) is 0 Å². The van der Waals surface area contributed by atoms with Crippen molar-refractivity contribution >= 4 is 73.6 Å². The number of amides is 1. The molecule has 0 aliphatic heterocycles. The zero-order chi connectivity index (χ0) is 25.1. The van der Waals surface area contributed by atoms with E-state index in [9.17, 15) is 4.79 Å². The van der Waals surface area contributed by atoms with Gasteiger partial charge in [-0.2, -0.15) is 0 Å². The van der Waals surface area contributed by atoms with Gasteiger partial charge >= 0.3 is 0 Å². The van der Waals surface area contributed by atoms with Gasteiger partial charge in [-0.3, -0.25) is 15.1 Å². The lowest BCUT2D eigenvalue weighted by molar-refractivity contribution is -0.115. The monoisotopic (exact) mass is 578 g/mol.